The summed E-state index contributed by atoms with van der Waals surface area (Å²) in [6.45, 7) is 12.3. The Kier molecular flexibility index (Phi) is 4.59. The number of esters is 1. The molecule has 0 aliphatic heterocycles. The Morgan fingerprint density at radius 2 is 1.65 bits per heavy atom. The minimum absolute atomic E-state index is 0.228. The number of hydrogen-bond donors (Lipinski definition) is 0. The summed E-state index contributed by atoms with van der Waals surface area (Å²) in [6.07, 6.45) is 0. The Morgan fingerprint density at radius 1 is 1.04 bits per heavy atom. The molecule has 23 heavy (non-hydrogen) atoms. The van der Waals surface area contributed by atoms with Gasteiger partial charge in [-0.3, -0.25) is 0 Å². The van der Waals surface area contributed by atoms with E-state index in [4.69, 9.17) is 4.74 Å². The molecule has 5 nitrogen and oxygen atoms in total. The quantitative estimate of drug-likeness (QED) is 0.811. The van der Waals surface area contributed by atoms with Crippen LogP contribution < -0.4 is 0 Å². The van der Waals surface area contributed by atoms with Gasteiger partial charge in [0.25, 0.3) is 0 Å². The first-order chi connectivity index (χ1) is 10.6. The SMILES string of the molecule is CC(C)(C)c1nn(C(C)(C)C)nc1C(=O)OCc1ccccc1. The van der Waals surface area contributed by atoms with Crippen LogP contribution in [0.3, 0.4) is 0 Å². The second-order valence-corrected chi connectivity index (χ2v) is 7.67. The number of aromatic nitrogens is 3. The van der Waals surface area contributed by atoms with E-state index in [9.17, 15) is 4.79 Å². The largest absolute Gasteiger partial charge is 0.456 e. The topological polar surface area (TPSA) is 57.0 Å². The molecule has 0 spiro atoms. The highest BCUT2D eigenvalue weighted by molar-refractivity contribution is 5.88. The molecule has 0 atom stereocenters. The number of carbonyl (C=O) groups is 1. The van der Waals surface area contributed by atoms with Crippen LogP contribution in [0.4, 0.5) is 0 Å². The van der Waals surface area contributed by atoms with E-state index in [2.05, 4.69) is 10.2 Å². The van der Waals surface area contributed by atoms with Crippen molar-refractivity contribution in [2.75, 3.05) is 0 Å². The third-order valence-electron chi connectivity index (χ3n) is 3.33. The molecule has 0 unspecified atom stereocenters. The monoisotopic (exact) mass is 315 g/mol. The predicted molar refractivity (Wildman–Crippen MR) is 89.3 cm³/mol. The van der Waals surface area contributed by atoms with Gasteiger partial charge in [-0.2, -0.15) is 9.90 Å². The summed E-state index contributed by atoms with van der Waals surface area (Å²) in [7, 11) is 0. The first-order valence-electron chi connectivity index (χ1n) is 7.78. The molecule has 1 aromatic heterocycles. The fraction of sp³-hybridized carbons (Fsp3) is 0.500. The van der Waals surface area contributed by atoms with Gasteiger partial charge in [-0.05, 0) is 26.3 Å². The van der Waals surface area contributed by atoms with E-state index in [0.717, 1.165) is 5.56 Å². The van der Waals surface area contributed by atoms with Crippen molar-refractivity contribution in [3.8, 4) is 0 Å². The van der Waals surface area contributed by atoms with Crippen molar-refractivity contribution in [2.45, 2.75) is 59.1 Å². The zero-order valence-electron chi connectivity index (χ0n) is 14.8. The van der Waals surface area contributed by atoms with E-state index in [1.807, 2.05) is 71.9 Å². The molecule has 0 fully saturated rings. The average molecular weight is 315 g/mol. The third kappa shape index (κ3) is 4.18. The Morgan fingerprint density at radius 3 is 2.17 bits per heavy atom. The van der Waals surface area contributed by atoms with E-state index in [1.165, 1.54) is 0 Å². The Balaban J connectivity index is 2.26. The molecule has 5 heteroatoms. The molecule has 0 aliphatic carbocycles. The van der Waals surface area contributed by atoms with Crippen LogP contribution >= 0.6 is 0 Å². The standard InChI is InChI=1S/C18H25N3O2/c1-17(2,3)15-14(19-21(20-15)18(4,5)6)16(22)23-12-13-10-8-7-9-11-13/h7-11H,12H2,1-6H3. The van der Waals surface area contributed by atoms with Crippen molar-refractivity contribution in [2.24, 2.45) is 0 Å². The van der Waals surface area contributed by atoms with E-state index in [-0.39, 0.29) is 17.6 Å². The van der Waals surface area contributed by atoms with Crippen molar-refractivity contribution in [1.29, 1.82) is 0 Å². The van der Waals surface area contributed by atoms with E-state index in [1.54, 1.807) is 4.80 Å². The number of ether oxygens (including phenoxy) is 1. The first kappa shape index (κ1) is 17.2. The molecule has 1 heterocycles. The number of hydrogen-bond acceptors (Lipinski definition) is 4. The molecule has 0 aliphatic rings. The maximum Gasteiger partial charge on any atom is 0.361 e. The summed E-state index contributed by atoms with van der Waals surface area (Å²) < 4.78 is 5.42. The minimum atomic E-state index is -0.436. The minimum Gasteiger partial charge on any atom is -0.456 e. The molecule has 0 radical (unpaired) electrons. The fourth-order valence-corrected chi connectivity index (χ4v) is 2.04. The highest BCUT2D eigenvalue weighted by atomic mass is 16.5. The van der Waals surface area contributed by atoms with Crippen LogP contribution in [0.2, 0.25) is 0 Å². The van der Waals surface area contributed by atoms with Gasteiger partial charge in [0.2, 0.25) is 0 Å². The lowest BCUT2D eigenvalue weighted by molar-refractivity contribution is 0.0461. The summed E-state index contributed by atoms with van der Waals surface area (Å²) in [5.74, 6) is -0.436. The van der Waals surface area contributed by atoms with Gasteiger partial charge in [-0.25, -0.2) is 4.79 Å². The normalized spacial score (nSPS) is 12.3. The van der Waals surface area contributed by atoms with E-state index >= 15 is 0 Å². The fourth-order valence-electron chi connectivity index (χ4n) is 2.04. The molecular formula is C18H25N3O2. The van der Waals surface area contributed by atoms with Gasteiger partial charge < -0.3 is 4.74 Å². The second-order valence-electron chi connectivity index (χ2n) is 7.67. The van der Waals surface area contributed by atoms with Crippen LogP contribution in [-0.2, 0) is 22.3 Å². The number of benzene rings is 1. The lowest BCUT2D eigenvalue weighted by atomic mass is 9.91. The van der Waals surface area contributed by atoms with Crippen molar-refractivity contribution >= 4 is 5.97 Å². The highest BCUT2D eigenvalue weighted by Gasteiger charge is 2.31. The lowest BCUT2D eigenvalue weighted by Crippen LogP contribution is -2.25. The van der Waals surface area contributed by atoms with E-state index in [0.29, 0.717) is 11.4 Å². The smallest absolute Gasteiger partial charge is 0.361 e. The van der Waals surface area contributed by atoms with Crippen molar-refractivity contribution in [3.63, 3.8) is 0 Å². The van der Waals surface area contributed by atoms with Gasteiger partial charge in [0.15, 0.2) is 5.69 Å². The van der Waals surface area contributed by atoms with Crippen molar-refractivity contribution in [3.05, 3.63) is 47.3 Å². The summed E-state index contributed by atoms with van der Waals surface area (Å²) in [6, 6.07) is 9.60. The van der Waals surface area contributed by atoms with Gasteiger partial charge in [0.05, 0.1) is 5.54 Å². The van der Waals surface area contributed by atoms with Crippen LogP contribution in [0, 0.1) is 0 Å². The first-order valence-corrected chi connectivity index (χ1v) is 7.78. The summed E-state index contributed by atoms with van der Waals surface area (Å²) in [5.41, 5.74) is 1.32. The molecule has 2 rings (SSSR count). The summed E-state index contributed by atoms with van der Waals surface area (Å²) in [4.78, 5) is 14.1. The zero-order chi connectivity index (χ0) is 17.3. The van der Waals surface area contributed by atoms with Gasteiger partial charge in [0, 0.05) is 5.41 Å². The molecule has 1 aromatic carbocycles. The summed E-state index contributed by atoms with van der Waals surface area (Å²) in [5, 5.41) is 8.92. The van der Waals surface area contributed by atoms with Crippen molar-refractivity contribution < 1.29 is 9.53 Å². The number of rotatable bonds is 3. The second kappa shape index (κ2) is 6.14. The van der Waals surface area contributed by atoms with Crippen LogP contribution in [0.5, 0.6) is 0 Å². The maximum absolute atomic E-state index is 12.5. The van der Waals surface area contributed by atoms with Gasteiger partial charge in [-0.1, -0.05) is 51.1 Å². The zero-order valence-corrected chi connectivity index (χ0v) is 14.8. The molecule has 2 aromatic rings. The Labute approximate surface area is 137 Å². The predicted octanol–water partition coefficient (Wildman–Crippen LogP) is 3.69. The van der Waals surface area contributed by atoms with Crippen LogP contribution in [-0.4, -0.2) is 21.0 Å². The highest BCUT2D eigenvalue weighted by Crippen LogP contribution is 2.25. The number of carbonyl (C=O) groups excluding carboxylic acids is 1. The Bertz CT molecular complexity index is 677. The summed E-state index contributed by atoms with van der Waals surface area (Å²) >= 11 is 0. The molecule has 0 bridgehead atoms. The molecular weight excluding hydrogens is 290 g/mol. The Hall–Kier alpha value is -2.17. The third-order valence-corrected chi connectivity index (χ3v) is 3.33. The molecule has 0 saturated heterocycles. The van der Waals surface area contributed by atoms with Gasteiger partial charge in [-0.15, -0.1) is 5.10 Å². The average Bonchev–Trinajstić information content (AvgIpc) is 2.91. The van der Waals surface area contributed by atoms with Crippen LogP contribution in [0.1, 0.15) is 63.3 Å². The molecule has 0 saturated carbocycles. The van der Waals surface area contributed by atoms with Gasteiger partial charge in [0.1, 0.15) is 12.3 Å². The molecule has 0 N–H and O–H groups in total. The van der Waals surface area contributed by atoms with Crippen LogP contribution in [0.15, 0.2) is 30.3 Å². The number of nitrogens with zero attached hydrogens (tertiary/aromatic N) is 3. The van der Waals surface area contributed by atoms with E-state index < -0.39 is 5.97 Å². The maximum atomic E-state index is 12.5. The van der Waals surface area contributed by atoms with Crippen LogP contribution in [0.25, 0.3) is 0 Å². The lowest BCUT2D eigenvalue weighted by Gasteiger charge is -2.18. The molecule has 124 valence electrons. The van der Waals surface area contributed by atoms with Gasteiger partial charge >= 0.3 is 5.97 Å². The molecule has 0 amide bonds. The van der Waals surface area contributed by atoms with Crippen molar-refractivity contribution in [1.82, 2.24) is 15.0 Å².